The Hall–Kier alpha value is -2.21. The van der Waals surface area contributed by atoms with E-state index in [9.17, 15) is 4.79 Å². The van der Waals surface area contributed by atoms with Gasteiger partial charge in [-0.3, -0.25) is 4.79 Å². The van der Waals surface area contributed by atoms with Crippen molar-refractivity contribution in [1.82, 2.24) is 20.1 Å². The van der Waals surface area contributed by atoms with E-state index in [4.69, 9.17) is 5.11 Å². The molecule has 0 aliphatic carbocycles. The smallest absolute Gasteiger partial charge is 0.321 e. The van der Waals surface area contributed by atoms with Gasteiger partial charge in [0, 0.05) is 0 Å². The maximum Gasteiger partial charge on any atom is 0.321 e. The molecule has 1 aromatic heterocycles. The van der Waals surface area contributed by atoms with Crippen LogP contribution in [0.4, 0.5) is 0 Å². The minimum absolute atomic E-state index is 0.448. The van der Waals surface area contributed by atoms with Crippen LogP contribution in [0.15, 0.2) is 36.9 Å². The standard InChI is InChI=1S/C12H14N4O2/c1-13-11(12(17)18)6-9-2-4-10(5-3-9)16-8-14-7-15-16/h2-5,7-8,11,13H,6H2,1H3,(H,17,18)/t11-/m0/s1. The van der Waals surface area contributed by atoms with Crippen LogP contribution >= 0.6 is 0 Å². The third kappa shape index (κ3) is 2.72. The summed E-state index contributed by atoms with van der Waals surface area (Å²) in [7, 11) is 1.64. The largest absolute Gasteiger partial charge is 0.480 e. The van der Waals surface area contributed by atoms with Crippen LogP contribution in [0.5, 0.6) is 0 Å². The quantitative estimate of drug-likeness (QED) is 0.802. The van der Waals surface area contributed by atoms with Crippen LogP contribution in [-0.2, 0) is 11.2 Å². The summed E-state index contributed by atoms with van der Waals surface area (Å²) in [6, 6.07) is 6.99. The summed E-state index contributed by atoms with van der Waals surface area (Å²) in [6.07, 6.45) is 3.53. The molecule has 0 amide bonds. The predicted molar refractivity (Wildman–Crippen MR) is 65.5 cm³/mol. The van der Waals surface area contributed by atoms with E-state index in [1.807, 2.05) is 24.3 Å². The molecule has 0 saturated carbocycles. The molecule has 94 valence electrons. The number of likely N-dealkylation sites (N-methyl/N-ethyl adjacent to an activating group) is 1. The average Bonchev–Trinajstić information content (AvgIpc) is 2.90. The number of benzene rings is 1. The molecule has 0 bridgehead atoms. The van der Waals surface area contributed by atoms with Gasteiger partial charge in [0.1, 0.15) is 18.7 Å². The summed E-state index contributed by atoms with van der Waals surface area (Å²) in [5.74, 6) is -0.849. The van der Waals surface area contributed by atoms with Crippen LogP contribution in [0.2, 0.25) is 0 Å². The number of aromatic nitrogens is 3. The fraction of sp³-hybridized carbons (Fsp3) is 0.250. The highest BCUT2D eigenvalue weighted by atomic mass is 16.4. The van der Waals surface area contributed by atoms with Crippen molar-refractivity contribution in [2.45, 2.75) is 12.5 Å². The molecule has 0 aliphatic heterocycles. The van der Waals surface area contributed by atoms with Gasteiger partial charge in [-0.1, -0.05) is 12.1 Å². The SMILES string of the molecule is CN[C@@H](Cc1ccc(-n2cncn2)cc1)C(=O)O. The third-order valence-electron chi connectivity index (χ3n) is 2.71. The lowest BCUT2D eigenvalue weighted by Gasteiger charge is -2.11. The van der Waals surface area contributed by atoms with E-state index in [1.54, 1.807) is 18.1 Å². The highest BCUT2D eigenvalue weighted by molar-refractivity contribution is 5.73. The molecular weight excluding hydrogens is 232 g/mol. The molecular formula is C12H14N4O2. The molecule has 0 saturated heterocycles. The Morgan fingerprint density at radius 1 is 1.44 bits per heavy atom. The zero-order valence-electron chi connectivity index (χ0n) is 9.95. The molecule has 0 aliphatic rings. The summed E-state index contributed by atoms with van der Waals surface area (Å²) in [5, 5.41) is 15.7. The molecule has 0 fully saturated rings. The Morgan fingerprint density at radius 3 is 2.67 bits per heavy atom. The molecule has 18 heavy (non-hydrogen) atoms. The molecule has 2 aromatic rings. The normalized spacial score (nSPS) is 12.3. The Kier molecular flexibility index (Phi) is 3.69. The number of hydrogen-bond acceptors (Lipinski definition) is 4. The van der Waals surface area contributed by atoms with Crippen molar-refractivity contribution in [2.75, 3.05) is 7.05 Å². The Morgan fingerprint density at radius 2 is 2.17 bits per heavy atom. The van der Waals surface area contributed by atoms with Crippen molar-refractivity contribution in [3.8, 4) is 5.69 Å². The van der Waals surface area contributed by atoms with Gasteiger partial charge in [0.25, 0.3) is 0 Å². The van der Waals surface area contributed by atoms with Gasteiger partial charge in [-0.15, -0.1) is 0 Å². The first-order valence-electron chi connectivity index (χ1n) is 5.54. The number of hydrogen-bond donors (Lipinski definition) is 2. The molecule has 0 radical (unpaired) electrons. The van der Waals surface area contributed by atoms with Crippen LogP contribution in [0.25, 0.3) is 5.69 Å². The van der Waals surface area contributed by atoms with E-state index in [0.717, 1.165) is 11.3 Å². The number of carboxylic acid groups (broad SMARTS) is 1. The highest BCUT2D eigenvalue weighted by Crippen LogP contribution is 2.10. The number of aliphatic carboxylic acids is 1. The molecule has 2 N–H and O–H groups in total. The van der Waals surface area contributed by atoms with Crippen molar-refractivity contribution < 1.29 is 9.90 Å². The average molecular weight is 246 g/mol. The van der Waals surface area contributed by atoms with Crippen LogP contribution in [0.3, 0.4) is 0 Å². The number of carbonyl (C=O) groups is 1. The predicted octanol–water partition coefficient (Wildman–Crippen LogP) is 0.482. The van der Waals surface area contributed by atoms with Gasteiger partial charge in [0.05, 0.1) is 5.69 Å². The number of nitrogens with zero attached hydrogens (tertiary/aromatic N) is 3. The van der Waals surface area contributed by atoms with Crippen LogP contribution < -0.4 is 5.32 Å². The molecule has 1 aromatic carbocycles. The third-order valence-corrected chi connectivity index (χ3v) is 2.71. The van der Waals surface area contributed by atoms with E-state index < -0.39 is 12.0 Å². The van der Waals surface area contributed by atoms with Crippen molar-refractivity contribution >= 4 is 5.97 Å². The highest BCUT2D eigenvalue weighted by Gasteiger charge is 2.14. The first-order chi connectivity index (χ1) is 8.70. The molecule has 0 spiro atoms. The van der Waals surface area contributed by atoms with Gasteiger partial charge in [0.2, 0.25) is 0 Å². The Balaban J connectivity index is 2.10. The minimum atomic E-state index is -0.849. The monoisotopic (exact) mass is 246 g/mol. The lowest BCUT2D eigenvalue weighted by atomic mass is 10.1. The second-order valence-corrected chi connectivity index (χ2v) is 3.89. The minimum Gasteiger partial charge on any atom is -0.480 e. The number of rotatable bonds is 5. The van der Waals surface area contributed by atoms with Crippen molar-refractivity contribution in [1.29, 1.82) is 0 Å². The van der Waals surface area contributed by atoms with Gasteiger partial charge in [-0.2, -0.15) is 5.10 Å². The van der Waals surface area contributed by atoms with E-state index in [0.29, 0.717) is 6.42 Å². The summed E-state index contributed by atoms with van der Waals surface area (Å²) in [6.45, 7) is 0. The Bertz CT molecular complexity index is 507. The van der Waals surface area contributed by atoms with Crippen LogP contribution in [-0.4, -0.2) is 38.9 Å². The van der Waals surface area contributed by atoms with Crippen molar-refractivity contribution in [3.05, 3.63) is 42.5 Å². The van der Waals surface area contributed by atoms with Gasteiger partial charge in [-0.05, 0) is 31.2 Å². The maximum atomic E-state index is 10.9. The molecule has 1 heterocycles. The van der Waals surface area contributed by atoms with E-state index in [-0.39, 0.29) is 0 Å². The summed E-state index contributed by atoms with van der Waals surface area (Å²) >= 11 is 0. The Labute approximate surface area is 104 Å². The molecule has 1 atom stereocenters. The van der Waals surface area contributed by atoms with E-state index in [2.05, 4.69) is 15.4 Å². The van der Waals surface area contributed by atoms with Crippen LogP contribution in [0.1, 0.15) is 5.56 Å². The topological polar surface area (TPSA) is 80.0 Å². The van der Waals surface area contributed by atoms with Gasteiger partial charge in [-0.25, -0.2) is 9.67 Å². The zero-order chi connectivity index (χ0) is 13.0. The first kappa shape index (κ1) is 12.3. The molecule has 2 rings (SSSR count). The van der Waals surface area contributed by atoms with Crippen molar-refractivity contribution in [2.24, 2.45) is 0 Å². The van der Waals surface area contributed by atoms with Crippen molar-refractivity contribution in [3.63, 3.8) is 0 Å². The summed E-state index contributed by atoms with van der Waals surface area (Å²) in [4.78, 5) is 14.8. The lowest BCUT2D eigenvalue weighted by Crippen LogP contribution is -2.35. The summed E-state index contributed by atoms with van der Waals surface area (Å²) in [5.41, 5.74) is 1.85. The fourth-order valence-corrected chi connectivity index (χ4v) is 1.67. The number of carboxylic acids is 1. The van der Waals surface area contributed by atoms with Crippen LogP contribution in [0, 0.1) is 0 Å². The van der Waals surface area contributed by atoms with Gasteiger partial charge in [0.15, 0.2) is 0 Å². The fourth-order valence-electron chi connectivity index (χ4n) is 1.67. The van der Waals surface area contributed by atoms with Gasteiger partial charge >= 0.3 is 5.97 Å². The molecule has 6 nitrogen and oxygen atoms in total. The van der Waals surface area contributed by atoms with E-state index >= 15 is 0 Å². The lowest BCUT2D eigenvalue weighted by molar-refractivity contribution is -0.139. The summed E-state index contributed by atoms with van der Waals surface area (Å²) < 4.78 is 1.65. The molecule has 6 heteroatoms. The molecule has 0 unspecified atom stereocenters. The number of nitrogens with one attached hydrogen (secondary N) is 1. The first-order valence-corrected chi connectivity index (χ1v) is 5.54. The zero-order valence-corrected chi connectivity index (χ0v) is 9.95. The van der Waals surface area contributed by atoms with E-state index in [1.165, 1.54) is 6.33 Å². The van der Waals surface area contributed by atoms with Gasteiger partial charge < -0.3 is 10.4 Å². The second-order valence-electron chi connectivity index (χ2n) is 3.89. The maximum absolute atomic E-state index is 10.9. The second kappa shape index (κ2) is 5.42.